The van der Waals surface area contributed by atoms with Gasteiger partial charge in [-0.05, 0) is 24.6 Å². The first kappa shape index (κ1) is 14.1. The molecule has 0 aromatic heterocycles. The molecule has 2 aromatic rings. The van der Waals surface area contributed by atoms with E-state index in [2.05, 4.69) is 0 Å². The summed E-state index contributed by atoms with van der Waals surface area (Å²) in [6.07, 6.45) is 0.395. The number of rotatable bonds is 7. The summed E-state index contributed by atoms with van der Waals surface area (Å²) in [5, 5.41) is 0. The van der Waals surface area contributed by atoms with E-state index in [4.69, 9.17) is 9.47 Å². The molecule has 0 amide bonds. The van der Waals surface area contributed by atoms with Crippen LogP contribution in [0.3, 0.4) is 0 Å². The maximum absolute atomic E-state index is 11.8. The molecule has 104 valence electrons. The standard InChI is InChI=1S/C17H18O3/c1-2-19-16-9-6-10-17(12-16)20-13-15(18)11-14-7-4-3-5-8-14/h3-10,12H,2,11,13H2,1H3. The lowest BCUT2D eigenvalue weighted by Crippen LogP contribution is -2.13. The molecule has 0 radical (unpaired) electrons. The molecule has 0 aliphatic carbocycles. The lowest BCUT2D eigenvalue weighted by molar-refractivity contribution is -0.120. The van der Waals surface area contributed by atoms with Gasteiger partial charge in [0.05, 0.1) is 6.61 Å². The summed E-state index contributed by atoms with van der Waals surface area (Å²) in [5.74, 6) is 1.45. The van der Waals surface area contributed by atoms with E-state index >= 15 is 0 Å². The minimum atomic E-state index is 0.0537. The molecule has 2 rings (SSSR count). The predicted molar refractivity (Wildman–Crippen MR) is 78.3 cm³/mol. The fourth-order valence-corrected chi connectivity index (χ4v) is 1.86. The van der Waals surface area contributed by atoms with Crippen LogP contribution >= 0.6 is 0 Å². The molecule has 0 bridgehead atoms. The van der Waals surface area contributed by atoms with Crippen LogP contribution in [0, 0.1) is 0 Å². The zero-order valence-electron chi connectivity index (χ0n) is 11.5. The SMILES string of the molecule is CCOc1cccc(OCC(=O)Cc2ccccc2)c1. The third-order valence-electron chi connectivity index (χ3n) is 2.76. The highest BCUT2D eigenvalue weighted by Gasteiger charge is 2.05. The van der Waals surface area contributed by atoms with Crippen LogP contribution in [-0.4, -0.2) is 19.0 Å². The van der Waals surface area contributed by atoms with Gasteiger partial charge in [-0.25, -0.2) is 0 Å². The van der Waals surface area contributed by atoms with Crippen molar-refractivity contribution in [3.8, 4) is 11.5 Å². The van der Waals surface area contributed by atoms with Crippen LogP contribution in [-0.2, 0) is 11.2 Å². The van der Waals surface area contributed by atoms with E-state index in [1.165, 1.54) is 0 Å². The predicted octanol–water partition coefficient (Wildman–Crippen LogP) is 3.28. The number of benzene rings is 2. The Hall–Kier alpha value is -2.29. The Balaban J connectivity index is 1.85. The molecule has 0 spiro atoms. The van der Waals surface area contributed by atoms with Gasteiger partial charge >= 0.3 is 0 Å². The molecule has 0 aliphatic rings. The summed E-state index contributed by atoms with van der Waals surface area (Å²) >= 11 is 0. The van der Waals surface area contributed by atoms with E-state index in [9.17, 15) is 4.79 Å². The Morgan fingerprint density at radius 1 is 0.950 bits per heavy atom. The third kappa shape index (κ3) is 4.43. The number of ether oxygens (including phenoxy) is 2. The molecular formula is C17H18O3. The zero-order valence-corrected chi connectivity index (χ0v) is 11.5. The van der Waals surface area contributed by atoms with Gasteiger partial charge < -0.3 is 9.47 Å². The number of carbonyl (C=O) groups is 1. The molecule has 0 atom stereocenters. The summed E-state index contributed by atoms with van der Waals surface area (Å²) in [4.78, 5) is 11.8. The number of Topliss-reactive ketones (excluding diaryl/α,β-unsaturated/α-hetero) is 1. The van der Waals surface area contributed by atoms with Crippen molar-refractivity contribution in [3.05, 3.63) is 60.2 Å². The van der Waals surface area contributed by atoms with Crippen LogP contribution < -0.4 is 9.47 Å². The molecule has 0 unspecified atom stereocenters. The van der Waals surface area contributed by atoms with Crippen molar-refractivity contribution in [1.82, 2.24) is 0 Å². The molecule has 0 fully saturated rings. The largest absolute Gasteiger partial charge is 0.494 e. The monoisotopic (exact) mass is 270 g/mol. The molecule has 2 aromatic carbocycles. The van der Waals surface area contributed by atoms with E-state index in [0.29, 0.717) is 18.8 Å². The third-order valence-corrected chi connectivity index (χ3v) is 2.76. The van der Waals surface area contributed by atoms with Crippen LogP contribution in [0.4, 0.5) is 0 Å². The van der Waals surface area contributed by atoms with Crippen molar-refractivity contribution in [3.63, 3.8) is 0 Å². The lowest BCUT2D eigenvalue weighted by atomic mass is 10.1. The number of ketones is 1. The molecule has 0 aliphatic heterocycles. The van der Waals surface area contributed by atoms with Gasteiger partial charge in [-0.2, -0.15) is 0 Å². The number of hydrogen-bond donors (Lipinski definition) is 0. The highest BCUT2D eigenvalue weighted by Crippen LogP contribution is 2.19. The van der Waals surface area contributed by atoms with Crippen LogP contribution in [0.2, 0.25) is 0 Å². The topological polar surface area (TPSA) is 35.5 Å². The Kier molecular flexibility index (Phi) is 5.18. The van der Waals surface area contributed by atoms with Crippen molar-refractivity contribution >= 4 is 5.78 Å². The maximum Gasteiger partial charge on any atom is 0.174 e. The Morgan fingerprint density at radius 3 is 2.35 bits per heavy atom. The van der Waals surface area contributed by atoms with E-state index < -0.39 is 0 Å². The van der Waals surface area contributed by atoms with E-state index in [-0.39, 0.29) is 12.4 Å². The van der Waals surface area contributed by atoms with Gasteiger partial charge in [-0.1, -0.05) is 36.4 Å². The van der Waals surface area contributed by atoms with E-state index in [0.717, 1.165) is 11.3 Å². The fourth-order valence-electron chi connectivity index (χ4n) is 1.86. The van der Waals surface area contributed by atoms with Gasteiger partial charge in [0.1, 0.15) is 18.1 Å². The molecule has 3 heteroatoms. The fraction of sp³-hybridized carbons (Fsp3) is 0.235. The average molecular weight is 270 g/mol. The van der Waals surface area contributed by atoms with Crippen molar-refractivity contribution in [2.75, 3.05) is 13.2 Å². The Bertz CT molecular complexity index is 549. The molecule has 0 N–H and O–H groups in total. The van der Waals surface area contributed by atoms with Crippen molar-refractivity contribution in [1.29, 1.82) is 0 Å². The summed E-state index contributed by atoms with van der Waals surface area (Å²) in [6.45, 7) is 2.61. The Labute approximate surface area is 119 Å². The first-order valence-electron chi connectivity index (χ1n) is 6.69. The second-order valence-corrected chi connectivity index (χ2v) is 4.40. The molecule has 0 heterocycles. The van der Waals surface area contributed by atoms with E-state index in [1.807, 2.05) is 55.5 Å². The first-order valence-corrected chi connectivity index (χ1v) is 6.69. The Morgan fingerprint density at radius 2 is 1.65 bits per heavy atom. The second-order valence-electron chi connectivity index (χ2n) is 4.40. The second kappa shape index (κ2) is 7.34. The molecular weight excluding hydrogens is 252 g/mol. The lowest BCUT2D eigenvalue weighted by Gasteiger charge is -2.08. The zero-order chi connectivity index (χ0) is 14.2. The van der Waals surface area contributed by atoms with Crippen molar-refractivity contribution < 1.29 is 14.3 Å². The van der Waals surface area contributed by atoms with Crippen LogP contribution in [0.15, 0.2) is 54.6 Å². The molecule has 3 nitrogen and oxygen atoms in total. The van der Waals surface area contributed by atoms with Gasteiger partial charge in [-0.15, -0.1) is 0 Å². The number of hydrogen-bond acceptors (Lipinski definition) is 3. The van der Waals surface area contributed by atoms with E-state index in [1.54, 1.807) is 6.07 Å². The molecule has 0 saturated carbocycles. The highest BCUT2D eigenvalue weighted by atomic mass is 16.5. The summed E-state index contributed by atoms with van der Waals surface area (Å²) in [7, 11) is 0. The van der Waals surface area contributed by atoms with Crippen LogP contribution in [0.5, 0.6) is 11.5 Å². The minimum Gasteiger partial charge on any atom is -0.494 e. The molecule has 20 heavy (non-hydrogen) atoms. The van der Waals surface area contributed by atoms with Gasteiger partial charge in [0.25, 0.3) is 0 Å². The van der Waals surface area contributed by atoms with Crippen LogP contribution in [0.1, 0.15) is 12.5 Å². The van der Waals surface area contributed by atoms with Crippen LogP contribution in [0.25, 0.3) is 0 Å². The smallest absolute Gasteiger partial charge is 0.174 e. The average Bonchev–Trinajstić information content (AvgIpc) is 2.47. The van der Waals surface area contributed by atoms with Gasteiger partial charge in [0, 0.05) is 12.5 Å². The van der Waals surface area contributed by atoms with Crippen molar-refractivity contribution in [2.24, 2.45) is 0 Å². The normalized spacial score (nSPS) is 10.1. The summed E-state index contributed by atoms with van der Waals surface area (Å²) in [5.41, 5.74) is 1.00. The first-order chi connectivity index (χ1) is 9.78. The van der Waals surface area contributed by atoms with Gasteiger partial charge in [-0.3, -0.25) is 4.79 Å². The summed E-state index contributed by atoms with van der Waals surface area (Å²) < 4.78 is 10.9. The number of carbonyl (C=O) groups excluding carboxylic acids is 1. The van der Waals surface area contributed by atoms with Crippen molar-refractivity contribution in [2.45, 2.75) is 13.3 Å². The minimum absolute atomic E-state index is 0.0537. The quantitative estimate of drug-likeness (QED) is 0.774. The highest BCUT2D eigenvalue weighted by molar-refractivity contribution is 5.82. The maximum atomic E-state index is 11.8. The van der Waals surface area contributed by atoms with Gasteiger partial charge in [0.15, 0.2) is 5.78 Å². The van der Waals surface area contributed by atoms with Gasteiger partial charge in [0.2, 0.25) is 0 Å². The summed E-state index contributed by atoms with van der Waals surface area (Å²) in [6, 6.07) is 17.0. The molecule has 0 saturated heterocycles.